The number of carboxylic acids is 1. The molecule has 0 bridgehead atoms. The molecule has 0 aromatic heterocycles. The number of hydrogen-bond donors (Lipinski definition) is 1. The van der Waals surface area contributed by atoms with Gasteiger partial charge in [-0.15, -0.1) is 0 Å². The summed E-state index contributed by atoms with van der Waals surface area (Å²) in [5.74, 6) is 2.07. The molecule has 1 unspecified atom stereocenters. The highest BCUT2D eigenvalue weighted by Crippen LogP contribution is 2.43. The van der Waals surface area contributed by atoms with E-state index < -0.39 is 5.97 Å². The largest absolute Gasteiger partial charge is 0.480 e. The smallest absolute Gasteiger partial charge is 0.317 e. The minimum Gasteiger partial charge on any atom is -0.480 e. The van der Waals surface area contributed by atoms with Gasteiger partial charge in [0.05, 0.1) is 6.54 Å². The number of piperidine rings is 1. The maximum absolute atomic E-state index is 11.3. The lowest BCUT2D eigenvalue weighted by Gasteiger charge is -2.43. The summed E-state index contributed by atoms with van der Waals surface area (Å²) in [6.45, 7) is 1.26. The van der Waals surface area contributed by atoms with Gasteiger partial charge >= 0.3 is 5.97 Å². The van der Waals surface area contributed by atoms with Crippen LogP contribution in [0.15, 0.2) is 0 Å². The first-order chi connectivity index (χ1) is 11.7. The van der Waals surface area contributed by atoms with Gasteiger partial charge in [0.25, 0.3) is 0 Å². The fourth-order valence-electron chi connectivity index (χ4n) is 5.92. The van der Waals surface area contributed by atoms with Crippen LogP contribution in [-0.2, 0) is 4.79 Å². The first kappa shape index (κ1) is 18.2. The highest BCUT2D eigenvalue weighted by molar-refractivity contribution is 5.69. The predicted molar refractivity (Wildman–Crippen MR) is 98.1 cm³/mol. The summed E-state index contributed by atoms with van der Waals surface area (Å²) in [5, 5.41) is 9.27. The van der Waals surface area contributed by atoms with E-state index in [1.54, 1.807) is 0 Å². The molecule has 3 rings (SSSR count). The Morgan fingerprint density at radius 1 is 0.833 bits per heavy atom. The average Bonchev–Trinajstić information content (AvgIpc) is 2.62. The third kappa shape index (κ3) is 4.97. The summed E-state index contributed by atoms with van der Waals surface area (Å²) in [4.78, 5) is 13.6. The Morgan fingerprint density at radius 3 is 1.92 bits per heavy atom. The average molecular weight is 336 g/mol. The molecular formula is C21H37NO2. The number of rotatable bonds is 6. The van der Waals surface area contributed by atoms with Crippen molar-refractivity contribution in [3.63, 3.8) is 0 Å². The van der Waals surface area contributed by atoms with Crippen LogP contribution in [0.2, 0.25) is 0 Å². The number of hydrogen-bond acceptors (Lipinski definition) is 2. The normalized spacial score (nSPS) is 28.3. The second kappa shape index (κ2) is 9.22. The summed E-state index contributed by atoms with van der Waals surface area (Å²) in [7, 11) is 0. The molecule has 138 valence electrons. The van der Waals surface area contributed by atoms with Gasteiger partial charge in [0.2, 0.25) is 0 Å². The van der Waals surface area contributed by atoms with Crippen LogP contribution in [0.1, 0.15) is 89.9 Å². The van der Waals surface area contributed by atoms with Gasteiger partial charge in [0.15, 0.2) is 0 Å². The Hall–Kier alpha value is -0.570. The van der Waals surface area contributed by atoms with Crippen LogP contribution >= 0.6 is 0 Å². The van der Waals surface area contributed by atoms with E-state index in [1.807, 2.05) is 0 Å². The van der Waals surface area contributed by atoms with Crippen LogP contribution < -0.4 is 0 Å². The summed E-state index contributed by atoms with van der Waals surface area (Å²) < 4.78 is 0. The first-order valence-corrected chi connectivity index (χ1v) is 10.7. The molecule has 1 atom stereocenters. The molecule has 1 N–H and O–H groups in total. The van der Waals surface area contributed by atoms with E-state index in [-0.39, 0.29) is 6.54 Å². The molecule has 2 aliphatic carbocycles. The Kier molecular flexibility index (Phi) is 7.00. The van der Waals surface area contributed by atoms with Crippen LogP contribution in [-0.4, -0.2) is 35.1 Å². The van der Waals surface area contributed by atoms with Gasteiger partial charge in [-0.05, 0) is 43.6 Å². The van der Waals surface area contributed by atoms with Gasteiger partial charge in [-0.25, -0.2) is 0 Å². The standard InChI is InChI=1S/C21H37NO2/c23-21(24)16-22-14-8-7-13-19(22)15-20(17-9-3-1-4-10-17)18-11-5-2-6-12-18/h17-20H,1-16H2,(H,23,24). The fourth-order valence-corrected chi connectivity index (χ4v) is 5.92. The molecule has 0 radical (unpaired) electrons. The Labute approximate surface area is 148 Å². The molecule has 1 saturated heterocycles. The highest BCUT2D eigenvalue weighted by Gasteiger charge is 2.35. The second-order valence-corrected chi connectivity index (χ2v) is 8.71. The lowest BCUT2D eigenvalue weighted by atomic mass is 9.67. The zero-order valence-corrected chi connectivity index (χ0v) is 15.4. The first-order valence-electron chi connectivity index (χ1n) is 10.7. The second-order valence-electron chi connectivity index (χ2n) is 8.71. The van der Waals surface area contributed by atoms with Crippen molar-refractivity contribution in [3.05, 3.63) is 0 Å². The quantitative estimate of drug-likeness (QED) is 0.735. The van der Waals surface area contributed by atoms with E-state index in [0.29, 0.717) is 6.04 Å². The topological polar surface area (TPSA) is 40.5 Å². The molecule has 24 heavy (non-hydrogen) atoms. The molecule has 1 aliphatic heterocycles. The van der Waals surface area contributed by atoms with E-state index in [1.165, 1.54) is 89.9 Å². The summed E-state index contributed by atoms with van der Waals surface area (Å²) in [6.07, 6.45) is 19.3. The monoisotopic (exact) mass is 335 g/mol. The molecule has 0 aromatic rings. The van der Waals surface area contributed by atoms with Gasteiger partial charge in [-0.2, -0.15) is 0 Å². The van der Waals surface area contributed by atoms with Gasteiger partial charge in [0, 0.05) is 6.04 Å². The van der Waals surface area contributed by atoms with Crippen molar-refractivity contribution in [2.45, 2.75) is 95.9 Å². The molecule has 0 spiro atoms. The lowest BCUT2D eigenvalue weighted by Crippen LogP contribution is -2.45. The Morgan fingerprint density at radius 2 is 1.38 bits per heavy atom. The highest BCUT2D eigenvalue weighted by atomic mass is 16.4. The third-order valence-electron chi connectivity index (χ3n) is 7.14. The SMILES string of the molecule is O=C(O)CN1CCCCC1CC(C1CCCCC1)C1CCCCC1. The van der Waals surface area contributed by atoms with Crippen LogP contribution in [0.5, 0.6) is 0 Å². The molecular weight excluding hydrogens is 298 g/mol. The molecule has 0 aromatic carbocycles. The molecule has 0 amide bonds. The van der Waals surface area contributed by atoms with Crippen LogP contribution in [0.4, 0.5) is 0 Å². The molecule has 3 nitrogen and oxygen atoms in total. The minimum atomic E-state index is -0.645. The van der Waals surface area contributed by atoms with E-state index in [2.05, 4.69) is 4.90 Å². The van der Waals surface area contributed by atoms with Crippen molar-refractivity contribution in [1.29, 1.82) is 0 Å². The van der Waals surface area contributed by atoms with Crippen molar-refractivity contribution >= 4 is 5.97 Å². The van der Waals surface area contributed by atoms with Crippen molar-refractivity contribution in [2.75, 3.05) is 13.1 Å². The van der Waals surface area contributed by atoms with Gasteiger partial charge in [-0.3, -0.25) is 9.69 Å². The van der Waals surface area contributed by atoms with E-state index >= 15 is 0 Å². The van der Waals surface area contributed by atoms with Crippen molar-refractivity contribution in [1.82, 2.24) is 4.90 Å². The van der Waals surface area contributed by atoms with Crippen LogP contribution in [0.3, 0.4) is 0 Å². The zero-order valence-electron chi connectivity index (χ0n) is 15.4. The Bertz CT molecular complexity index is 367. The summed E-state index contributed by atoms with van der Waals surface area (Å²) in [5.41, 5.74) is 0. The Balaban J connectivity index is 1.67. The third-order valence-corrected chi connectivity index (χ3v) is 7.14. The van der Waals surface area contributed by atoms with Crippen molar-refractivity contribution in [2.24, 2.45) is 17.8 Å². The number of likely N-dealkylation sites (tertiary alicyclic amines) is 1. The molecule has 3 aliphatic rings. The summed E-state index contributed by atoms with van der Waals surface area (Å²) in [6, 6.07) is 0.531. The molecule has 1 heterocycles. The summed E-state index contributed by atoms with van der Waals surface area (Å²) >= 11 is 0. The molecule has 3 heteroatoms. The van der Waals surface area contributed by atoms with Crippen molar-refractivity contribution in [3.8, 4) is 0 Å². The van der Waals surface area contributed by atoms with E-state index in [0.717, 1.165) is 24.3 Å². The molecule has 3 fully saturated rings. The van der Waals surface area contributed by atoms with Crippen molar-refractivity contribution < 1.29 is 9.90 Å². The minimum absolute atomic E-state index is 0.257. The molecule has 2 saturated carbocycles. The van der Waals surface area contributed by atoms with E-state index in [9.17, 15) is 9.90 Å². The maximum atomic E-state index is 11.3. The maximum Gasteiger partial charge on any atom is 0.317 e. The van der Waals surface area contributed by atoms with Crippen LogP contribution in [0, 0.1) is 17.8 Å². The van der Waals surface area contributed by atoms with Crippen LogP contribution in [0.25, 0.3) is 0 Å². The number of nitrogens with zero attached hydrogens (tertiary/aromatic N) is 1. The van der Waals surface area contributed by atoms with Gasteiger partial charge in [0.1, 0.15) is 0 Å². The number of carbonyl (C=O) groups is 1. The van der Waals surface area contributed by atoms with Gasteiger partial charge in [-0.1, -0.05) is 70.6 Å². The fraction of sp³-hybridized carbons (Fsp3) is 0.952. The lowest BCUT2D eigenvalue weighted by molar-refractivity contribution is -0.139. The zero-order chi connectivity index (χ0) is 16.8. The van der Waals surface area contributed by atoms with E-state index in [4.69, 9.17) is 0 Å². The van der Waals surface area contributed by atoms with Gasteiger partial charge < -0.3 is 5.11 Å². The predicted octanol–water partition coefficient (Wildman–Crippen LogP) is 5.09. The number of aliphatic carboxylic acids is 1. The number of carboxylic acid groups (broad SMARTS) is 1.